The zero-order valence-electron chi connectivity index (χ0n) is 11.6. The van der Waals surface area contributed by atoms with Gasteiger partial charge in [-0.1, -0.05) is 6.58 Å². The summed E-state index contributed by atoms with van der Waals surface area (Å²) >= 11 is 0. The highest BCUT2D eigenvalue weighted by Crippen LogP contribution is 2.09. The SMILES string of the molecule is C=C/C(=C\C=C(/C)N=O)NCCNc1ccc(N)cc1. The number of nitrogens with zero attached hydrogens (tertiary/aromatic N) is 1. The van der Waals surface area contributed by atoms with Crippen molar-refractivity contribution in [1.82, 2.24) is 5.32 Å². The Morgan fingerprint density at radius 1 is 1.30 bits per heavy atom. The topological polar surface area (TPSA) is 79.5 Å². The molecule has 0 saturated carbocycles. The summed E-state index contributed by atoms with van der Waals surface area (Å²) in [6, 6.07) is 7.57. The molecule has 1 aromatic carbocycles. The van der Waals surface area contributed by atoms with Crippen LogP contribution in [0.15, 0.2) is 65.6 Å². The molecule has 20 heavy (non-hydrogen) atoms. The molecule has 0 radical (unpaired) electrons. The van der Waals surface area contributed by atoms with Gasteiger partial charge in [0.05, 0.1) is 5.70 Å². The molecule has 0 heterocycles. The van der Waals surface area contributed by atoms with Crippen molar-refractivity contribution in [3.05, 3.63) is 65.4 Å². The Balaban J connectivity index is 2.37. The summed E-state index contributed by atoms with van der Waals surface area (Å²) in [6.45, 7) is 6.83. The largest absolute Gasteiger partial charge is 0.399 e. The Kier molecular flexibility index (Phi) is 6.61. The van der Waals surface area contributed by atoms with Gasteiger partial charge in [0.15, 0.2) is 0 Å². The van der Waals surface area contributed by atoms with Gasteiger partial charge < -0.3 is 16.4 Å². The Bertz CT molecular complexity index is 503. The number of benzene rings is 1. The molecule has 0 fully saturated rings. The average molecular weight is 272 g/mol. The van der Waals surface area contributed by atoms with Crippen molar-refractivity contribution in [2.45, 2.75) is 6.92 Å². The van der Waals surface area contributed by atoms with E-state index in [2.05, 4.69) is 22.4 Å². The van der Waals surface area contributed by atoms with Gasteiger partial charge in [0.1, 0.15) is 0 Å². The summed E-state index contributed by atoms with van der Waals surface area (Å²) in [5.74, 6) is 0. The van der Waals surface area contributed by atoms with Crippen LogP contribution in [0, 0.1) is 4.91 Å². The second-order valence-electron chi connectivity index (χ2n) is 4.20. The van der Waals surface area contributed by atoms with Crippen molar-refractivity contribution in [3.8, 4) is 0 Å². The summed E-state index contributed by atoms with van der Waals surface area (Å²) in [4.78, 5) is 10.2. The molecule has 106 valence electrons. The first-order valence-corrected chi connectivity index (χ1v) is 6.33. The predicted molar refractivity (Wildman–Crippen MR) is 85.2 cm³/mol. The van der Waals surface area contributed by atoms with E-state index in [0.717, 1.165) is 30.2 Å². The molecular weight excluding hydrogens is 252 g/mol. The van der Waals surface area contributed by atoms with Crippen LogP contribution in [-0.4, -0.2) is 13.1 Å². The Morgan fingerprint density at radius 3 is 2.60 bits per heavy atom. The Hall–Kier alpha value is -2.56. The molecular formula is C15H20N4O. The van der Waals surface area contributed by atoms with Gasteiger partial charge in [-0.2, -0.15) is 0 Å². The summed E-state index contributed by atoms with van der Waals surface area (Å²) in [5.41, 5.74) is 8.64. The quantitative estimate of drug-likeness (QED) is 0.294. The van der Waals surface area contributed by atoms with Crippen LogP contribution in [0.4, 0.5) is 11.4 Å². The van der Waals surface area contributed by atoms with Crippen molar-refractivity contribution >= 4 is 11.4 Å². The van der Waals surface area contributed by atoms with Crippen LogP contribution in [0.3, 0.4) is 0 Å². The van der Waals surface area contributed by atoms with Crippen LogP contribution in [0.2, 0.25) is 0 Å². The van der Waals surface area contributed by atoms with Gasteiger partial charge in [-0.05, 0) is 54.6 Å². The van der Waals surface area contributed by atoms with E-state index in [4.69, 9.17) is 5.73 Å². The van der Waals surface area contributed by atoms with E-state index in [9.17, 15) is 4.91 Å². The molecule has 5 nitrogen and oxygen atoms in total. The molecule has 4 N–H and O–H groups in total. The third kappa shape index (κ3) is 5.86. The van der Waals surface area contributed by atoms with Crippen LogP contribution >= 0.6 is 0 Å². The van der Waals surface area contributed by atoms with Gasteiger partial charge in [-0.15, -0.1) is 4.91 Å². The fourth-order valence-electron chi connectivity index (χ4n) is 1.45. The normalized spacial score (nSPS) is 11.8. The van der Waals surface area contributed by atoms with Crippen molar-refractivity contribution in [3.63, 3.8) is 0 Å². The van der Waals surface area contributed by atoms with Crippen LogP contribution in [0.25, 0.3) is 0 Å². The summed E-state index contributed by atoms with van der Waals surface area (Å²) in [6.07, 6.45) is 5.11. The lowest BCUT2D eigenvalue weighted by molar-refractivity contribution is 0.838. The smallest absolute Gasteiger partial charge is 0.0818 e. The molecule has 0 atom stereocenters. The first kappa shape index (κ1) is 15.5. The average Bonchev–Trinajstić information content (AvgIpc) is 2.48. The molecule has 0 aromatic heterocycles. The summed E-state index contributed by atoms with van der Waals surface area (Å²) in [5, 5.41) is 9.28. The highest BCUT2D eigenvalue weighted by Gasteiger charge is 1.93. The maximum absolute atomic E-state index is 10.2. The first-order valence-electron chi connectivity index (χ1n) is 6.33. The molecule has 1 aromatic rings. The van der Waals surface area contributed by atoms with Gasteiger partial charge >= 0.3 is 0 Å². The van der Waals surface area contributed by atoms with E-state index in [-0.39, 0.29) is 0 Å². The van der Waals surface area contributed by atoms with Gasteiger partial charge in [-0.25, -0.2) is 0 Å². The molecule has 0 aliphatic carbocycles. The number of nitrogens with one attached hydrogen (secondary N) is 2. The standard InChI is InChI=1S/C15H20N4O/c1-3-14(7-4-12(2)19-20)17-10-11-18-15-8-5-13(16)6-9-15/h3-9,17-18H,1,10-11,16H2,2H3/b12-4+,14-7+. The van der Waals surface area contributed by atoms with Crippen molar-refractivity contribution < 1.29 is 0 Å². The Morgan fingerprint density at radius 2 is 2.00 bits per heavy atom. The molecule has 1 rings (SSSR count). The number of nitrogens with two attached hydrogens (primary N) is 1. The molecule has 0 amide bonds. The van der Waals surface area contributed by atoms with Crippen LogP contribution < -0.4 is 16.4 Å². The van der Waals surface area contributed by atoms with Crippen molar-refractivity contribution in [1.29, 1.82) is 0 Å². The third-order valence-electron chi connectivity index (χ3n) is 2.56. The molecule has 0 aliphatic rings. The minimum Gasteiger partial charge on any atom is -0.399 e. The number of nitroso groups, excluding NO2 is 1. The van der Waals surface area contributed by atoms with Crippen molar-refractivity contribution in [2.24, 2.45) is 5.18 Å². The maximum Gasteiger partial charge on any atom is 0.0818 e. The van der Waals surface area contributed by atoms with E-state index in [1.807, 2.05) is 24.3 Å². The van der Waals surface area contributed by atoms with Crippen LogP contribution in [-0.2, 0) is 0 Å². The van der Waals surface area contributed by atoms with E-state index in [1.165, 1.54) is 0 Å². The highest BCUT2D eigenvalue weighted by molar-refractivity contribution is 5.51. The molecule has 5 heteroatoms. The third-order valence-corrected chi connectivity index (χ3v) is 2.56. The van der Waals surface area contributed by atoms with Gasteiger partial charge in [0.25, 0.3) is 0 Å². The lowest BCUT2D eigenvalue weighted by Gasteiger charge is -2.09. The monoisotopic (exact) mass is 272 g/mol. The molecule has 0 unspecified atom stereocenters. The van der Waals surface area contributed by atoms with Gasteiger partial charge in [0.2, 0.25) is 0 Å². The number of rotatable bonds is 8. The zero-order chi connectivity index (χ0) is 14.8. The lowest BCUT2D eigenvalue weighted by Crippen LogP contribution is -2.20. The number of allylic oxidation sites excluding steroid dienone is 4. The van der Waals surface area contributed by atoms with Gasteiger partial charge in [-0.3, -0.25) is 0 Å². The van der Waals surface area contributed by atoms with Crippen molar-refractivity contribution in [2.75, 3.05) is 24.1 Å². The molecule has 0 bridgehead atoms. The minimum atomic E-state index is 0.422. The second-order valence-corrected chi connectivity index (χ2v) is 4.20. The second kappa shape index (κ2) is 8.53. The van der Waals surface area contributed by atoms with Crippen LogP contribution in [0.5, 0.6) is 0 Å². The number of anilines is 2. The molecule has 0 saturated heterocycles. The maximum atomic E-state index is 10.2. The number of nitrogen functional groups attached to an aromatic ring is 1. The van der Waals surface area contributed by atoms with E-state index in [0.29, 0.717) is 5.70 Å². The minimum absolute atomic E-state index is 0.422. The molecule has 0 spiro atoms. The zero-order valence-corrected chi connectivity index (χ0v) is 11.6. The van der Waals surface area contributed by atoms with Gasteiger partial charge in [0, 0.05) is 30.2 Å². The van der Waals surface area contributed by atoms with E-state index >= 15 is 0 Å². The van der Waals surface area contributed by atoms with E-state index in [1.54, 1.807) is 25.2 Å². The summed E-state index contributed by atoms with van der Waals surface area (Å²) < 4.78 is 0. The first-order chi connectivity index (χ1) is 9.65. The number of hydrogen-bond acceptors (Lipinski definition) is 5. The summed E-state index contributed by atoms with van der Waals surface area (Å²) in [7, 11) is 0. The predicted octanol–water partition coefficient (Wildman–Crippen LogP) is 3.01. The fraction of sp³-hybridized carbons (Fsp3) is 0.200. The van der Waals surface area contributed by atoms with E-state index < -0.39 is 0 Å². The van der Waals surface area contributed by atoms with Crippen LogP contribution in [0.1, 0.15) is 6.92 Å². The number of hydrogen-bond donors (Lipinski definition) is 3. The Labute approximate surface area is 119 Å². The molecule has 0 aliphatic heterocycles. The highest BCUT2D eigenvalue weighted by atomic mass is 16.3. The fourth-order valence-corrected chi connectivity index (χ4v) is 1.45. The lowest BCUT2D eigenvalue weighted by atomic mass is 10.3.